The molecule has 0 fully saturated rings. The third-order valence-electron chi connectivity index (χ3n) is 3.99. The van der Waals surface area contributed by atoms with Crippen molar-refractivity contribution in [1.82, 2.24) is 15.1 Å². The van der Waals surface area contributed by atoms with Crippen LogP contribution in [0.15, 0.2) is 23.4 Å². The molecule has 1 aliphatic heterocycles. The average Bonchev–Trinajstić information content (AvgIpc) is 3.01. The third kappa shape index (κ3) is 4.58. The lowest BCUT2D eigenvalue weighted by molar-refractivity contribution is 0.0503. The van der Waals surface area contributed by atoms with E-state index in [1.807, 2.05) is 39.8 Å². The Bertz CT molecular complexity index is 913. The second-order valence-corrected chi connectivity index (χ2v) is 7.67. The minimum atomic E-state index is -0.562. The molecule has 2 aromatic rings. The number of carbonyl (C=O) groups excluding carboxylic acids is 1. The molecule has 3 rings (SSSR count). The van der Waals surface area contributed by atoms with Gasteiger partial charge < -0.3 is 19.5 Å². The molecule has 1 N–H and O–H groups in total. The molecule has 10 heteroatoms. The van der Waals surface area contributed by atoms with E-state index < -0.39 is 11.7 Å². The largest absolute Gasteiger partial charge is 0.486 e. The van der Waals surface area contributed by atoms with Gasteiger partial charge in [0.15, 0.2) is 11.5 Å². The molecule has 1 aliphatic rings. The van der Waals surface area contributed by atoms with Crippen molar-refractivity contribution in [3.8, 4) is 11.5 Å². The first-order valence-electron chi connectivity index (χ1n) is 9.05. The first-order chi connectivity index (χ1) is 13.3. The summed E-state index contributed by atoms with van der Waals surface area (Å²) < 4.78 is 18.8. The number of carbonyl (C=O) groups is 1. The molecule has 0 aliphatic carbocycles. The van der Waals surface area contributed by atoms with Crippen molar-refractivity contribution in [2.24, 2.45) is 5.11 Å². The maximum absolute atomic E-state index is 12.0. The second-order valence-electron chi connectivity index (χ2n) is 7.67. The highest BCUT2D eigenvalue weighted by Crippen LogP contribution is 2.39. The Morgan fingerprint density at radius 3 is 3.04 bits per heavy atom. The number of nitrogens with zero attached hydrogens (tertiary/aromatic N) is 5. The Kier molecular flexibility index (Phi) is 5.51. The monoisotopic (exact) mass is 388 g/mol. The number of benzene rings is 1. The molecule has 28 heavy (non-hydrogen) atoms. The van der Waals surface area contributed by atoms with Crippen molar-refractivity contribution in [2.45, 2.75) is 52.0 Å². The Morgan fingerprint density at radius 1 is 1.54 bits per heavy atom. The van der Waals surface area contributed by atoms with Crippen LogP contribution in [0.25, 0.3) is 21.3 Å². The average molecular weight is 388 g/mol. The van der Waals surface area contributed by atoms with Crippen LogP contribution < -0.4 is 14.8 Å². The molecule has 2 unspecified atom stereocenters. The van der Waals surface area contributed by atoms with E-state index in [1.54, 1.807) is 10.9 Å². The zero-order valence-corrected chi connectivity index (χ0v) is 16.4. The van der Waals surface area contributed by atoms with Gasteiger partial charge in [-0.05, 0) is 45.4 Å². The van der Waals surface area contributed by atoms with Gasteiger partial charge in [0.05, 0.1) is 19.3 Å². The molecule has 2 heterocycles. The number of rotatable bonds is 5. The van der Waals surface area contributed by atoms with Gasteiger partial charge in [0.25, 0.3) is 0 Å². The van der Waals surface area contributed by atoms with E-state index in [4.69, 9.17) is 19.7 Å². The van der Waals surface area contributed by atoms with Crippen LogP contribution in [0.3, 0.4) is 0 Å². The molecule has 10 nitrogen and oxygen atoms in total. The molecule has 1 aromatic carbocycles. The van der Waals surface area contributed by atoms with Crippen LogP contribution in [0.4, 0.5) is 4.79 Å². The SMILES string of the molecule is CC(Cn1ncc2ccc3c(c21)OC(CN=[N+]=[N-])CO3)NC(=O)OC(C)(C)C. The van der Waals surface area contributed by atoms with Gasteiger partial charge in [-0.25, -0.2) is 4.79 Å². The van der Waals surface area contributed by atoms with Gasteiger partial charge in [-0.3, -0.25) is 4.68 Å². The number of hydrogen-bond acceptors (Lipinski definition) is 6. The first-order valence-corrected chi connectivity index (χ1v) is 9.05. The number of fused-ring (bicyclic) bond motifs is 3. The quantitative estimate of drug-likeness (QED) is 0.478. The van der Waals surface area contributed by atoms with Crippen LogP contribution in [0, 0.1) is 0 Å². The Morgan fingerprint density at radius 2 is 2.32 bits per heavy atom. The molecule has 0 bridgehead atoms. The number of aromatic nitrogens is 2. The molecule has 2 atom stereocenters. The zero-order valence-electron chi connectivity index (χ0n) is 16.4. The van der Waals surface area contributed by atoms with E-state index in [9.17, 15) is 4.79 Å². The van der Waals surface area contributed by atoms with E-state index in [2.05, 4.69) is 20.4 Å². The Hall–Kier alpha value is -3.13. The summed E-state index contributed by atoms with van der Waals surface area (Å²) in [7, 11) is 0. The minimum Gasteiger partial charge on any atom is -0.486 e. The first kappa shape index (κ1) is 19.6. The number of amides is 1. The molecule has 0 saturated heterocycles. The predicted octanol–water partition coefficient (Wildman–Crippen LogP) is 3.40. The van der Waals surface area contributed by atoms with Gasteiger partial charge in [-0.2, -0.15) is 5.10 Å². The summed E-state index contributed by atoms with van der Waals surface area (Å²) in [5.41, 5.74) is 8.72. The van der Waals surface area contributed by atoms with E-state index in [0.717, 1.165) is 10.9 Å². The van der Waals surface area contributed by atoms with Gasteiger partial charge in [0, 0.05) is 16.3 Å². The zero-order chi connectivity index (χ0) is 20.3. The number of ether oxygens (including phenoxy) is 3. The molecule has 0 spiro atoms. The van der Waals surface area contributed by atoms with E-state index in [0.29, 0.717) is 24.7 Å². The molecular formula is C18H24N6O4. The Balaban J connectivity index is 1.79. The van der Waals surface area contributed by atoms with Crippen molar-refractivity contribution in [1.29, 1.82) is 0 Å². The van der Waals surface area contributed by atoms with Crippen LogP contribution in [0.2, 0.25) is 0 Å². The molecular weight excluding hydrogens is 364 g/mol. The standard InChI is InChI=1S/C18H24N6O4/c1-11(22-17(25)28-18(2,3)4)9-24-15-12(7-21-24)5-6-14-16(15)27-13(10-26-14)8-20-23-19/h5-7,11,13H,8-10H2,1-4H3,(H,22,25). The highest BCUT2D eigenvalue weighted by Gasteiger charge is 2.25. The smallest absolute Gasteiger partial charge is 0.407 e. The van der Waals surface area contributed by atoms with E-state index >= 15 is 0 Å². The van der Waals surface area contributed by atoms with Crippen LogP contribution in [0.1, 0.15) is 27.7 Å². The molecule has 150 valence electrons. The Labute approximate surface area is 162 Å². The molecule has 0 radical (unpaired) electrons. The van der Waals surface area contributed by atoms with E-state index in [-0.39, 0.29) is 18.7 Å². The number of nitrogens with one attached hydrogen (secondary N) is 1. The lowest BCUT2D eigenvalue weighted by Gasteiger charge is -2.26. The maximum atomic E-state index is 12.0. The fraction of sp³-hybridized carbons (Fsp3) is 0.556. The molecule has 1 amide bonds. The lowest BCUT2D eigenvalue weighted by Crippen LogP contribution is -2.39. The number of hydrogen-bond donors (Lipinski definition) is 1. The van der Waals surface area contributed by atoms with Gasteiger partial charge in [0.2, 0.25) is 0 Å². The van der Waals surface area contributed by atoms with Crippen LogP contribution in [-0.4, -0.2) is 46.8 Å². The number of alkyl carbamates (subject to hydrolysis) is 1. The summed E-state index contributed by atoms with van der Waals surface area (Å²) >= 11 is 0. The highest BCUT2D eigenvalue weighted by atomic mass is 16.6. The van der Waals surface area contributed by atoms with Crippen molar-refractivity contribution >= 4 is 17.0 Å². The fourth-order valence-corrected chi connectivity index (χ4v) is 2.91. The van der Waals surface area contributed by atoms with Gasteiger partial charge in [0.1, 0.15) is 23.8 Å². The summed E-state index contributed by atoms with van der Waals surface area (Å²) in [6.45, 7) is 8.22. The van der Waals surface area contributed by atoms with E-state index in [1.165, 1.54) is 0 Å². The summed E-state index contributed by atoms with van der Waals surface area (Å²) in [5, 5.41) is 11.7. The summed E-state index contributed by atoms with van der Waals surface area (Å²) in [6.07, 6.45) is 0.887. The number of azide groups is 1. The highest BCUT2D eigenvalue weighted by molar-refractivity contribution is 5.87. The topological polar surface area (TPSA) is 123 Å². The second kappa shape index (κ2) is 7.85. The third-order valence-corrected chi connectivity index (χ3v) is 3.99. The summed E-state index contributed by atoms with van der Waals surface area (Å²) in [4.78, 5) is 14.8. The molecule has 0 saturated carbocycles. The normalized spacial score (nSPS) is 16.9. The minimum absolute atomic E-state index is 0.178. The van der Waals surface area contributed by atoms with Crippen LogP contribution in [0.5, 0.6) is 11.5 Å². The van der Waals surface area contributed by atoms with Gasteiger partial charge >= 0.3 is 6.09 Å². The van der Waals surface area contributed by atoms with Gasteiger partial charge in [-0.15, -0.1) is 0 Å². The van der Waals surface area contributed by atoms with Crippen molar-refractivity contribution in [3.63, 3.8) is 0 Å². The maximum Gasteiger partial charge on any atom is 0.407 e. The van der Waals surface area contributed by atoms with Gasteiger partial charge in [-0.1, -0.05) is 5.11 Å². The van der Waals surface area contributed by atoms with Crippen LogP contribution in [-0.2, 0) is 11.3 Å². The predicted molar refractivity (Wildman–Crippen MR) is 102 cm³/mol. The fourth-order valence-electron chi connectivity index (χ4n) is 2.91. The lowest BCUT2D eigenvalue weighted by atomic mass is 10.2. The summed E-state index contributed by atoms with van der Waals surface area (Å²) in [6, 6.07) is 3.51. The van der Waals surface area contributed by atoms with Crippen molar-refractivity contribution in [3.05, 3.63) is 28.8 Å². The molecule has 1 aromatic heterocycles. The van der Waals surface area contributed by atoms with Crippen molar-refractivity contribution in [2.75, 3.05) is 13.2 Å². The van der Waals surface area contributed by atoms with Crippen molar-refractivity contribution < 1.29 is 19.0 Å². The van der Waals surface area contributed by atoms with Crippen LogP contribution >= 0.6 is 0 Å². The summed E-state index contributed by atoms with van der Waals surface area (Å²) in [5.74, 6) is 1.17.